The summed E-state index contributed by atoms with van der Waals surface area (Å²) < 4.78 is 40.3. The van der Waals surface area contributed by atoms with Gasteiger partial charge in [-0.05, 0) is 62.3 Å². The first-order valence-electron chi connectivity index (χ1n) is 11.4. The van der Waals surface area contributed by atoms with Gasteiger partial charge in [0.1, 0.15) is 23.8 Å². The second kappa shape index (κ2) is 10.6. The Kier molecular flexibility index (Phi) is 7.42. The number of imidazole rings is 1. The van der Waals surface area contributed by atoms with E-state index in [-0.39, 0.29) is 11.7 Å². The molecule has 5 nitrogen and oxygen atoms in total. The fraction of sp³-hybridized carbons (Fsp3) is 0.400. The molecule has 2 aliphatic carbocycles. The number of hydrogen-bond acceptors (Lipinski definition) is 4. The highest BCUT2D eigenvalue weighted by molar-refractivity contribution is 5.51. The average Bonchev–Trinajstić information content (AvgIpc) is 3.15. The number of aromatic nitrogens is 2. The SMILES string of the molecule is C=C(NC1=CCCC(Nc2cccc3nc(C(F)F)cn23)CC1)C1=CC(NCCF)=CCC1. The molecule has 0 aliphatic heterocycles. The van der Waals surface area contributed by atoms with E-state index >= 15 is 0 Å². The molecule has 0 spiro atoms. The molecule has 2 heterocycles. The van der Waals surface area contributed by atoms with Crippen molar-refractivity contribution in [2.75, 3.05) is 18.5 Å². The number of nitrogens with zero attached hydrogens (tertiary/aromatic N) is 2. The molecule has 1 atom stereocenters. The summed E-state index contributed by atoms with van der Waals surface area (Å²) in [5.41, 5.74) is 4.38. The smallest absolute Gasteiger partial charge is 0.281 e. The molecule has 33 heavy (non-hydrogen) atoms. The van der Waals surface area contributed by atoms with Crippen molar-refractivity contribution in [3.05, 3.63) is 77.6 Å². The lowest BCUT2D eigenvalue weighted by molar-refractivity contribution is 0.147. The van der Waals surface area contributed by atoms with Crippen LogP contribution in [0.5, 0.6) is 0 Å². The van der Waals surface area contributed by atoms with Crippen molar-refractivity contribution in [1.29, 1.82) is 0 Å². The summed E-state index contributed by atoms with van der Waals surface area (Å²) >= 11 is 0. The molecule has 0 radical (unpaired) electrons. The number of rotatable bonds is 9. The lowest BCUT2D eigenvalue weighted by Gasteiger charge is -2.21. The Morgan fingerprint density at radius 2 is 2.06 bits per heavy atom. The molecular weight excluding hydrogens is 427 g/mol. The molecule has 0 amide bonds. The first-order valence-corrected chi connectivity index (χ1v) is 11.4. The summed E-state index contributed by atoms with van der Waals surface area (Å²) in [5, 5.41) is 10.1. The van der Waals surface area contributed by atoms with Crippen molar-refractivity contribution in [2.24, 2.45) is 0 Å². The number of anilines is 1. The lowest BCUT2D eigenvalue weighted by atomic mass is 10.00. The molecule has 2 aromatic rings. The molecule has 0 saturated heterocycles. The highest BCUT2D eigenvalue weighted by Crippen LogP contribution is 2.26. The molecule has 0 bridgehead atoms. The lowest BCUT2D eigenvalue weighted by Crippen LogP contribution is -2.21. The number of halogens is 3. The maximum absolute atomic E-state index is 13.1. The predicted molar refractivity (Wildman–Crippen MR) is 126 cm³/mol. The second-order valence-electron chi connectivity index (χ2n) is 8.38. The van der Waals surface area contributed by atoms with Gasteiger partial charge in [-0.2, -0.15) is 0 Å². The van der Waals surface area contributed by atoms with E-state index in [1.54, 1.807) is 10.5 Å². The normalized spacial score (nSPS) is 18.9. The Balaban J connectivity index is 1.35. The summed E-state index contributed by atoms with van der Waals surface area (Å²) in [6.45, 7) is 4.13. The number of pyridine rings is 1. The van der Waals surface area contributed by atoms with Crippen LogP contribution >= 0.6 is 0 Å². The number of fused-ring (bicyclic) bond motifs is 1. The van der Waals surface area contributed by atoms with Crippen LogP contribution in [0.3, 0.4) is 0 Å². The Hall–Kier alpha value is -3.16. The Morgan fingerprint density at radius 3 is 2.88 bits per heavy atom. The maximum Gasteiger partial charge on any atom is 0.281 e. The van der Waals surface area contributed by atoms with E-state index < -0.39 is 13.1 Å². The number of nitrogens with one attached hydrogen (secondary N) is 3. The van der Waals surface area contributed by atoms with Crippen LogP contribution in [0.2, 0.25) is 0 Å². The van der Waals surface area contributed by atoms with Crippen molar-refractivity contribution >= 4 is 11.5 Å². The van der Waals surface area contributed by atoms with Crippen molar-refractivity contribution in [1.82, 2.24) is 20.0 Å². The maximum atomic E-state index is 13.1. The molecule has 4 rings (SSSR count). The van der Waals surface area contributed by atoms with Crippen molar-refractivity contribution in [3.63, 3.8) is 0 Å². The minimum atomic E-state index is -2.59. The third-order valence-corrected chi connectivity index (χ3v) is 5.98. The van der Waals surface area contributed by atoms with Crippen molar-refractivity contribution in [2.45, 2.75) is 51.0 Å². The molecule has 0 aromatic carbocycles. The average molecular weight is 458 g/mol. The van der Waals surface area contributed by atoms with Gasteiger partial charge in [-0.1, -0.05) is 24.8 Å². The molecule has 1 unspecified atom stereocenters. The monoisotopic (exact) mass is 457 g/mol. The minimum Gasteiger partial charge on any atom is -0.383 e. The van der Waals surface area contributed by atoms with Crippen LogP contribution in [0.15, 0.2) is 71.9 Å². The van der Waals surface area contributed by atoms with Crippen LogP contribution in [0.1, 0.15) is 50.6 Å². The van der Waals surface area contributed by atoms with Gasteiger partial charge in [-0.3, -0.25) is 4.40 Å². The van der Waals surface area contributed by atoms with Gasteiger partial charge in [0.15, 0.2) is 0 Å². The Bertz CT molecular complexity index is 1080. The standard InChI is InChI=1S/C25H30F3N5/c1-17(18-5-2-8-21(15-18)29-14-13-26)30-19-6-3-7-20(12-11-19)31-23-9-4-10-24-32-22(25(27)28)16-33(23)24/h4,6,8-10,15-16,20,25,29-31H,1-3,5,7,11-14H2. The Morgan fingerprint density at radius 1 is 1.18 bits per heavy atom. The molecule has 0 fully saturated rings. The van der Waals surface area contributed by atoms with Gasteiger partial charge in [0.05, 0.1) is 0 Å². The van der Waals surface area contributed by atoms with Gasteiger partial charge < -0.3 is 16.0 Å². The summed E-state index contributed by atoms with van der Waals surface area (Å²) in [6, 6.07) is 5.66. The van der Waals surface area contributed by atoms with Gasteiger partial charge >= 0.3 is 0 Å². The minimum absolute atomic E-state index is 0.213. The molecule has 2 aliphatic rings. The highest BCUT2D eigenvalue weighted by Gasteiger charge is 2.18. The van der Waals surface area contributed by atoms with Crippen molar-refractivity contribution < 1.29 is 13.2 Å². The number of alkyl halides is 3. The number of hydrogen-bond donors (Lipinski definition) is 3. The zero-order valence-electron chi connectivity index (χ0n) is 18.6. The van der Waals surface area contributed by atoms with Crippen LogP contribution < -0.4 is 16.0 Å². The largest absolute Gasteiger partial charge is 0.383 e. The third kappa shape index (κ3) is 5.80. The predicted octanol–water partition coefficient (Wildman–Crippen LogP) is 5.78. The van der Waals surface area contributed by atoms with Crippen LogP contribution in [0.4, 0.5) is 19.0 Å². The van der Waals surface area contributed by atoms with E-state index in [1.165, 1.54) is 6.20 Å². The summed E-state index contributed by atoms with van der Waals surface area (Å²) in [4.78, 5) is 4.01. The van der Waals surface area contributed by atoms with Gasteiger partial charge in [0.2, 0.25) is 0 Å². The van der Waals surface area contributed by atoms with Gasteiger partial charge in [-0.15, -0.1) is 0 Å². The highest BCUT2D eigenvalue weighted by atomic mass is 19.3. The summed E-state index contributed by atoms with van der Waals surface area (Å²) in [7, 11) is 0. The van der Waals surface area contributed by atoms with E-state index in [9.17, 15) is 13.2 Å². The first kappa shape index (κ1) is 23.0. The fourth-order valence-electron chi connectivity index (χ4n) is 4.28. The topological polar surface area (TPSA) is 53.4 Å². The molecule has 176 valence electrons. The molecule has 8 heteroatoms. The van der Waals surface area contributed by atoms with Crippen molar-refractivity contribution in [3.8, 4) is 0 Å². The molecule has 0 saturated carbocycles. The number of allylic oxidation sites excluding steroid dienone is 5. The first-order chi connectivity index (χ1) is 16.0. The fourth-order valence-corrected chi connectivity index (χ4v) is 4.28. The van der Waals surface area contributed by atoms with E-state index in [0.29, 0.717) is 12.2 Å². The van der Waals surface area contributed by atoms with Crippen LogP contribution in [0.25, 0.3) is 5.65 Å². The van der Waals surface area contributed by atoms with Gasteiger partial charge in [0, 0.05) is 35.9 Å². The molecule has 3 N–H and O–H groups in total. The summed E-state index contributed by atoms with van der Waals surface area (Å²) in [5.74, 6) is 0.769. The summed E-state index contributed by atoms with van der Waals surface area (Å²) in [6.07, 6.45) is 10.5. The van der Waals surface area contributed by atoms with Gasteiger partial charge in [0.25, 0.3) is 6.43 Å². The zero-order valence-corrected chi connectivity index (χ0v) is 18.6. The van der Waals surface area contributed by atoms with E-state index in [1.807, 2.05) is 18.2 Å². The molecular formula is C25H30F3N5. The Labute approximate surface area is 192 Å². The quantitative estimate of drug-likeness (QED) is 0.447. The second-order valence-corrected chi connectivity index (χ2v) is 8.38. The third-order valence-electron chi connectivity index (χ3n) is 5.98. The van der Waals surface area contributed by atoms with Crippen LogP contribution in [0, 0.1) is 0 Å². The van der Waals surface area contributed by atoms with Gasteiger partial charge in [-0.25, -0.2) is 18.2 Å². The van der Waals surface area contributed by atoms with Crippen LogP contribution in [-0.4, -0.2) is 28.6 Å². The van der Waals surface area contributed by atoms with E-state index in [2.05, 4.69) is 39.7 Å². The van der Waals surface area contributed by atoms with Crippen LogP contribution in [-0.2, 0) is 0 Å². The molecule has 2 aromatic heterocycles. The zero-order chi connectivity index (χ0) is 23.2. The van der Waals surface area contributed by atoms with E-state index in [4.69, 9.17) is 0 Å². The van der Waals surface area contributed by atoms with E-state index in [0.717, 1.165) is 67.0 Å².